The highest BCUT2D eigenvalue weighted by atomic mass is 32.2. The lowest BCUT2D eigenvalue weighted by molar-refractivity contribution is -0.140. The number of ether oxygens (including phenoxy) is 1. The van der Waals surface area contributed by atoms with E-state index in [1.807, 2.05) is 6.92 Å². The van der Waals surface area contributed by atoms with Crippen molar-refractivity contribution in [2.75, 3.05) is 39.8 Å². The number of piperidine rings is 1. The third-order valence-corrected chi connectivity index (χ3v) is 6.02. The number of aliphatic imine (C=N–C) groups is 1. The van der Waals surface area contributed by atoms with Gasteiger partial charge in [0.1, 0.15) is 0 Å². The summed E-state index contributed by atoms with van der Waals surface area (Å²) in [6.45, 7) is 3.27. The molecule has 28 heavy (non-hydrogen) atoms. The summed E-state index contributed by atoms with van der Waals surface area (Å²) in [6, 6.07) is 0. The molecule has 0 bridgehead atoms. The van der Waals surface area contributed by atoms with Crippen LogP contribution in [0.2, 0.25) is 0 Å². The van der Waals surface area contributed by atoms with Crippen LogP contribution in [0.1, 0.15) is 39.0 Å². The van der Waals surface area contributed by atoms with Crippen molar-refractivity contribution in [2.45, 2.75) is 44.5 Å². The average molecular weight is 430 g/mol. The highest BCUT2D eigenvalue weighted by molar-refractivity contribution is 7.90. The van der Waals surface area contributed by atoms with Crippen LogP contribution in [-0.2, 0) is 19.6 Å². The first-order valence-corrected chi connectivity index (χ1v) is 10.7. The lowest BCUT2D eigenvalue weighted by atomic mass is 9.98. The van der Waals surface area contributed by atoms with Crippen LogP contribution in [0.3, 0.4) is 0 Å². The van der Waals surface area contributed by atoms with E-state index in [2.05, 4.69) is 20.4 Å². The number of unbranched alkanes of at least 4 members (excludes halogenated alkanes) is 1. The highest BCUT2D eigenvalue weighted by Crippen LogP contribution is 2.30. The van der Waals surface area contributed by atoms with Gasteiger partial charge in [-0.05, 0) is 38.5 Å². The van der Waals surface area contributed by atoms with Crippen LogP contribution in [-0.4, -0.2) is 70.0 Å². The number of sulfonamides is 1. The van der Waals surface area contributed by atoms with Crippen LogP contribution in [0.5, 0.6) is 0 Å². The van der Waals surface area contributed by atoms with Crippen molar-refractivity contribution in [1.82, 2.24) is 14.9 Å². The fraction of sp³-hybridized carbons (Fsp3) is 0.875. The number of esters is 1. The van der Waals surface area contributed by atoms with Gasteiger partial charge in [-0.3, -0.25) is 9.79 Å². The minimum absolute atomic E-state index is 0.0227. The molecule has 8 nitrogen and oxygen atoms in total. The lowest BCUT2D eigenvalue weighted by Gasteiger charge is -2.30. The summed E-state index contributed by atoms with van der Waals surface area (Å²) in [5.41, 5.74) is -5.26. The van der Waals surface area contributed by atoms with Crippen molar-refractivity contribution in [1.29, 1.82) is 0 Å². The number of hydrogen-bond acceptors (Lipinski definition) is 5. The smallest absolute Gasteiger partial charge is 0.469 e. The SMILES string of the molecule is CCNC(=NCC1CCN(S(=O)(=O)C(F)(F)F)CC1)NCCCCC(=O)OC. The highest BCUT2D eigenvalue weighted by Gasteiger charge is 2.50. The Balaban J connectivity index is 2.42. The second kappa shape index (κ2) is 11.4. The summed E-state index contributed by atoms with van der Waals surface area (Å²) in [4.78, 5) is 15.5. The van der Waals surface area contributed by atoms with Crippen molar-refractivity contribution in [3.63, 3.8) is 0 Å². The van der Waals surface area contributed by atoms with Crippen LogP contribution in [0, 0.1) is 5.92 Å². The minimum Gasteiger partial charge on any atom is -0.469 e. The minimum atomic E-state index is -5.26. The van der Waals surface area contributed by atoms with Crippen molar-refractivity contribution in [2.24, 2.45) is 10.9 Å². The Bertz CT molecular complexity index is 618. The third-order valence-electron chi connectivity index (χ3n) is 4.39. The van der Waals surface area contributed by atoms with E-state index in [-0.39, 0.29) is 25.0 Å². The normalized spacial score (nSPS) is 17.4. The summed E-state index contributed by atoms with van der Waals surface area (Å²) >= 11 is 0. The van der Waals surface area contributed by atoms with E-state index in [0.29, 0.717) is 55.6 Å². The molecule has 0 aromatic carbocycles. The Labute approximate surface area is 163 Å². The Hall–Kier alpha value is -1.56. The number of carbonyl (C=O) groups excluding carboxylic acids is 1. The Kier molecular flexibility index (Phi) is 10.0. The molecule has 1 heterocycles. The Morgan fingerprint density at radius 1 is 1.21 bits per heavy atom. The van der Waals surface area contributed by atoms with Gasteiger partial charge in [0.05, 0.1) is 7.11 Å². The third kappa shape index (κ3) is 7.82. The van der Waals surface area contributed by atoms with Gasteiger partial charge in [0.2, 0.25) is 0 Å². The Morgan fingerprint density at radius 3 is 2.39 bits per heavy atom. The molecule has 1 fully saturated rings. The molecular weight excluding hydrogens is 401 g/mol. The summed E-state index contributed by atoms with van der Waals surface area (Å²) in [5.74, 6) is 0.361. The molecule has 0 saturated carbocycles. The van der Waals surface area contributed by atoms with Gasteiger partial charge in [0, 0.05) is 39.1 Å². The summed E-state index contributed by atoms with van der Waals surface area (Å²) < 4.78 is 65.7. The van der Waals surface area contributed by atoms with Crippen molar-refractivity contribution in [3.8, 4) is 0 Å². The predicted molar refractivity (Wildman–Crippen MR) is 99.1 cm³/mol. The molecule has 1 aliphatic heterocycles. The molecule has 164 valence electrons. The van der Waals surface area contributed by atoms with E-state index in [1.54, 1.807) is 0 Å². The standard InChI is InChI=1S/C16H29F3N4O4S/c1-3-20-15(21-9-5-4-6-14(24)27-2)22-12-13-7-10-23(11-8-13)28(25,26)16(17,18)19/h13H,3-12H2,1-2H3,(H2,20,21,22). The first kappa shape index (κ1) is 24.5. The zero-order valence-corrected chi connectivity index (χ0v) is 17.0. The van der Waals surface area contributed by atoms with Crippen LogP contribution in [0.4, 0.5) is 13.2 Å². The second-order valence-corrected chi connectivity index (χ2v) is 8.40. The van der Waals surface area contributed by atoms with E-state index < -0.39 is 15.5 Å². The first-order valence-electron chi connectivity index (χ1n) is 9.27. The number of nitrogens with zero attached hydrogens (tertiary/aromatic N) is 2. The maximum absolute atomic E-state index is 12.6. The maximum Gasteiger partial charge on any atom is 0.511 e. The molecule has 0 amide bonds. The molecule has 0 atom stereocenters. The molecule has 0 aliphatic carbocycles. The molecule has 1 aliphatic rings. The van der Waals surface area contributed by atoms with Crippen LogP contribution < -0.4 is 10.6 Å². The van der Waals surface area contributed by atoms with Gasteiger partial charge in [-0.25, -0.2) is 8.42 Å². The van der Waals surface area contributed by atoms with E-state index >= 15 is 0 Å². The molecule has 0 aromatic rings. The van der Waals surface area contributed by atoms with Crippen molar-refractivity contribution < 1.29 is 31.1 Å². The van der Waals surface area contributed by atoms with Crippen LogP contribution in [0.15, 0.2) is 4.99 Å². The molecule has 0 spiro atoms. The largest absolute Gasteiger partial charge is 0.511 e. The maximum atomic E-state index is 12.6. The number of guanidine groups is 1. The zero-order valence-electron chi connectivity index (χ0n) is 16.2. The Morgan fingerprint density at radius 2 is 1.86 bits per heavy atom. The predicted octanol–water partition coefficient (Wildman–Crippen LogP) is 1.45. The number of alkyl halides is 3. The van der Waals surface area contributed by atoms with E-state index in [0.717, 1.165) is 6.42 Å². The van der Waals surface area contributed by atoms with Gasteiger partial charge in [0.15, 0.2) is 5.96 Å². The molecule has 2 N–H and O–H groups in total. The van der Waals surface area contributed by atoms with Crippen LogP contribution >= 0.6 is 0 Å². The number of halogens is 3. The van der Waals surface area contributed by atoms with Gasteiger partial charge < -0.3 is 15.4 Å². The van der Waals surface area contributed by atoms with Crippen molar-refractivity contribution in [3.05, 3.63) is 0 Å². The first-order chi connectivity index (χ1) is 13.1. The molecular formula is C16H29F3N4O4S. The van der Waals surface area contributed by atoms with Gasteiger partial charge in [-0.1, -0.05) is 0 Å². The molecule has 12 heteroatoms. The van der Waals surface area contributed by atoms with Crippen LogP contribution in [0.25, 0.3) is 0 Å². The number of methoxy groups -OCH3 is 1. The molecule has 1 saturated heterocycles. The van der Waals surface area contributed by atoms with Gasteiger partial charge in [0.25, 0.3) is 0 Å². The number of hydrogen-bond donors (Lipinski definition) is 2. The summed E-state index contributed by atoms with van der Waals surface area (Å²) in [6.07, 6.45) is 2.46. The molecule has 0 aromatic heterocycles. The zero-order chi connectivity index (χ0) is 21.2. The second-order valence-electron chi connectivity index (χ2n) is 6.47. The number of carbonyl (C=O) groups is 1. The molecule has 0 unspecified atom stereocenters. The number of rotatable bonds is 9. The summed E-state index contributed by atoms with van der Waals surface area (Å²) in [5, 5.41) is 6.21. The number of nitrogens with one attached hydrogen (secondary N) is 2. The van der Waals surface area contributed by atoms with E-state index in [1.165, 1.54) is 7.11 Å². The molecule has 1 rings (SSSR count). The van der Waals surface area contributed by atoms with Gasteiger partial charge >= 0.3 is 21.5 Å². The lowest BCUT2D eigenvalue weighted by Crippen LogP contribution is -2.45. The molecule has 0 radical (unpaired) electrons. The van der Waals surface area contributed by atoms with Crippen molar-refractivity contribution >= 4 is 22.0 Å². The van der Waals surface area contributed by atoms with E-state index in [4.69, 9.17) is 0 Å². The fourth-order valence-corrected chi connectivity index (χ4v) is 3.73. The summed E-state index contributed by atoms with van der Waals surface area (Å²) in [7, 11) is -3.90. The topological polar surface area (TPSA) is 100 Å². The van der Waals surface area contributed by atoms with E-state index in [9.17, 15) is 26.4 Å². The fourth-order valence-electron chi connectivity index (χ4n) is 2.74. The average Bonchev–Trinajstić information content (AvgIpc) is 2.64. The van der Waals surface area contributed by atoms with Gasteiger partial charge in [-0.2, -0.15) is 17.5 Å². The quantitative estimate of drug-likeness (QED) is 0.249. The van der Waals surface area contributed by atoms with Gasteiger partial charge in [-0.15, -0.1) is 0 Å². The monoisotopic (exact) mass is 430 g/mol.